The van der Waals surface area contributed by atoms with Gasteiger partial charge >= 0.3 is 0 Å². The van der Waals surface area contributed by atoms with E-state index in [2.05, 4.69) is 20.6 Å². The summed E-state index contributed by atoms with van der Waals surface area (Å²) in [6.45, 7) is 0.519. The fourth-order valence-corrected chi connectivity index (χ4v) is 4.06. The monoisotopic (exact) mass is 382 g/mol. The van der Waals surface area contributed by atoms with Crippen LogP contribution in [0.3, 0.4) is 0 Å². The van der Waals surface area contributed by atoms with Gasteiger partial charge in [-0.15, -0.1) is 11.8 Å². The van der Waals surface area contributed by atoms with Crippen LogP contribution in [0.4, 0.5) is 10.1 Å². The molecule has 0 aliphatic carbocycles. The molecule has 0 spiro atoms. The average Bonchev–Trinajstić information content (AvgIpc) is 3.33. The van der Waals surface area contributed by atoms with Crippen molar-refractivity contribution in [2.75, 3.05) is 11.9 Å². The van der Waals surface area contributed by atoms with Gasteiger partial charge in [0.15, 0.2) is 0 Å². The highest BCUT2D eigenvalue weighted by atomic mass is 32.2. The Morgan fingerprint density at radius 1 is 1.22 bits per heavy atom. The molecule has 1 aromatic carbocycles. The molecule has 5 nitrogen and oxygen atoms in total. The van der Waals surface area contributed by atoms with Crippen molar-refractivity contribution in [3.05, 3.63) is 71.7 Å². The summed E-state index contributed by atoms with van der Waals surface area (Å²) in [6, 6.07) is 10.1. The predicted octanol–water partition coefficient (Wildman–Crippen LogP) is 3.47. The third-order valence-electron chi connectivity index (χ3n) is 4.50. The minimum atomic E-state index is -0.252. The Labute approximate surface area is 160 Å². The number of thioether (sulfide) groups is 1. The van der Waals surface area contributed by atoms with Crippen molar-refractivity contribution in [1.29, 1.82) is 0 Å². The van der Waals surface area contributed by atoms with Crippen molar-refractivity contribution in [2.24, 2.45) is 0 Å². The SMILES string of the molecule is O=C(NCCc1ccc(F)cc1)C1SC=CC1Nc1ccnc2[nH]ccc12. The Bertz CT molecular complexity index is 970. The van der Waals surface area contributed by atoms with E-state index in [9.17, 15) is 9.18 Å². The fourth-order valence-electron chi connectivity index (χ4n) is 3.10. The van der Waals surface area contributed by atoms with Crippen molar-refractivity contribution in [3.63, 3.8) is 0 Å². The van der Waals surface area contributed by atoms with E-state index in [4.69, 9.17) is 0 Å². The smallest absolute Gasteiger partial charge is 0.235 e. The first-order valence-corrected chi connectivity index (χ1v) is 9.68. The number of hydrogen-bond acceptors (Lipinski definition) is 4. The van der Waals surface area contributed by atoms with Gasteiger partial charge in [-0.1, -0.05) is 18.2 Å². The fraction of sp³-hybridized carbons (Fsp3) is 0.200. The summed E-state index contributed by atoms with van der Waals surface area (Å²) < 4.78 is 12.9. The van der Waals surface area contributed by atoms with Gasteiger partial charge in [0.2, 0.25) is 5.91 Å². The highest BCUT2D eigenvalue weighted by molar-refractivity contribution is 8.03. The van der Waals surface area contributed by atoms with Crippen molar-refractivity contribution in [2.45, 2.75) is 17.7 Å². The van der Waals surface area contributed by atoms with Gasteiger partial charge in [-0.2, -0.15) is 0 Å². The van der Waals surface area contributed by atoms with Crippen LogP contribution in [0, 0.1) is 5.82 Å². The molecule has 3 heterocycles. The lowest BCUT2D eigenvalue weighted by molar-refractivity contribution is -0.120. The van der Waals surface area contributed by atoms with Crippen LogP contribution in [0.5, 0.6) is 0 Å². The van der Waals surface area contributed by atoms with E-state index in [1.165, 1.54) is 23.9 Å². The number of pyridine rings is 1. The lowest BCUT2D eigenvalue weighted by atomic mass is 10.1. The summed E-state index contributed by atoms with van der Waals surface area (Å²) in [5.74, 6) is -0.262. The molecule has 0 fully saturated rings. The number of rotatable bonds is 6. The van der Waals surface area contributed by atoms with Gasteiger partial charge in [0, 0.05) is 30.0 Å². The molecule has 3 aromatic rings. The van der Waals surface area contributed by atoms with Gasteiger partial charge in [0.25, 0.3) is 0 Å². The summed E-state index contributed by atoms with van der Waals surface area (Å²) in [6.07, 6.45) is 6.27. The highest BCUT2D eigenvalue weighted by Gasteiger charge is 2.30. The van der Waals surface area contributed by atoms with E-state index >= 15 is 0 Å². The minimum Gasteiger partial charge on any atom is -0.376 e. The van der Waals surface area contributed by atoms with Crippen molar-refractivity contribution >= 4 is 34.4 Å². The number of aromatic amines is 1. The van der Waals surface area contributed by atoms with Crippen LogP contribution in [0.25, 0.3) is 11.0 Å². The molecule has 0 saturated heterocycles. The summed E-state index contributed by atoms with van der Waals surface area (Å²) in [5, 5.41) is 9.15. The lowest BCUT2D eigenvalue weighted by Gasteiger charge is -2.21. The number of aromatic nitrogens is 2. The van der Waals surface area contributed by atoms with E-state index in [0.717, 1.165) is 22.3 Å². The zero-order chi connectivity index (χ0) is 18.6. The van der Waals surface area contributed by atoms with E-state index in [-0.39, 0.29) is 23.0 Å². The first-order valence-electron chi connectivity index (χ1n) is 8.73. The molecule has 0 saturated carbocycles. The van der Waals surface area contributed by atoms with Gasteiger partial charge in [-0.25, -0.2) is 9.37 Å². The van der Waals surface area contributed by atoms with Crippen LogP contribution >= 0.6 is 11.8 Å². The summed E-state index contributed by atoms with van der Waals surface area (Å²) in [7, 11) is 0. The summed E-state index contributed by atoms with van der Waals surface area (Å²) in [4.78, 5) is 20.0. The molecule has 138 valence electrons. The normalized spacial score (nSPS) is 18.7. The molecule has 2 aromatic heterocycles. The van der Waals surface area contributed by atoms with Gasteiger partial charge in [-0.05, 0) is 41.7 Å². The molecule has 7 heteroatoms. The third kappa shape index (κ3) is 3.98. The van der Waals surface area contributed by atoms with Crippen LogP contribution in [-0.2, 0) is 11.2 Å². The van der Waals surface area contributed by atoms with Crippen LogP contribution in [0.1, 0.15) is 5.56 Å². The molecule has 0 radical (unpaired) electrons. The maximum absolute atomic E-state index is 12.9. The second kappa shape index (κ2) is 7.84. The van der Waals surface area contributed by atoms with Gasteiger partial charge in [-0.3, -0.25) is 4.79 Å². The number of anilines is 1. The topological polar surface area (TPSA) is 69.8 Å². The Balaban J connectivity index is 1.36. The first-order chi connectivity index (χ1) is 13.2. The Kier molecular flexibility index (Phi) is 5.11. The molecule has 2 atom stereocenters. The van der Waals surface area contributed by atoms with Gasteiger partial charge < -0.3 is 15.6 Å². The van der Waals surface area contributed by atoms with E-state index < -0.39 is 0 Å². The molecule has 2 unspecified atom stereocenters. The number of amides is 1. The quantitative estimate of drug-likeness (QED) is 0.611. The van der Waals surface area contributed by atoms with Crippen LogP contribution in [-0.4, -0.2) is 33.7 Å². The standard InChI is InChI=1S/C20H19FN4OS/c21-14-3-1-13(2-4-14)5-9-24-20(26)18-17(8-12-27-18)25-16-7-11-23-19-15(16)6-10-22-19/h1-4,6-8,10-12,17-18H,5,9H2,(H,24,26)(H2,22,23,25). The zero-order valence-corrected chi connectivity index (χ0v) is 15.3. The second-order valence-corrected chi connectivity index (χ2v) is 7.37. The molecule has 4 rings (SSSR count). The minimum absolute atomic E-state index is 0.0102. The van der Waals surface area contributed by atoms with Crippen molar-refractivity contribution in [3.8, 4) is 0 Å². The molecule has 0 bridgehead atoms. The number of nitrogens with one attached hydrogen (secondary N) is 3. The molecular formula is C20H19FN4OS. The maximum atomic E-state index is 12.9. The molecule has 1 aliphatic heterocycles. The number of benzene rings is 1. The number of carbonyl (C=O) groups excluding carboxylic acids is 1. The largest absolute Gasteiger partial charge is 0.376 e. The third-order valence-corrected chi connectivity index (χ3v) is 5.62. The second-order valence-electron chi connectivity index (χ2n) is 6.32. The lowest BCUT2D eigenvalue weighted by Crippen LogP contribution is -2.41. The Hall–Kier alpha value is -2.80. The van der Waals surface area contributed by atoms with Crippen molar-refractivity contribution < 1.29 is 9.18 Å². The van der Waals surface area contributed by atoms with Crippen LogP contribution in [0.15, 0.2) is 60.3 Å². The Morgan fingerprint density at radius 3 is 2.93 bits per heavy atom. The van der Waals surface area contributed by atoms with E-state index in [0.29, 0.717) is 13.0 Å². The first kappa shape index (κ1) is 17.6. The number of nitrogens with zero attached hydrogens (tertiary/aromatic N) is 1. The summed E-state index contributed by atoms with van der Waals surface area (Å²) in [5.41, 5.74) is 2.76. The predicted molar refractivity (Wildman–Crippen MR) is 107 cm³/mol. The highest BCUT2D eigenvalue weighted by Crippen LogP contribution is 2.29. The van der Waals surface area contributed by atoms with E-state index in [1.807, 2.05) is 29.8 Å². The summed E-state index contributed by atoms with van der Waals surface area (Å²) >= 11 is 1.51. The Morgan fingerprint density at radius 2 is 2.07 bits per heavy atom. The number of fused-ring (bicyclic) bond motifs is 1. The van der Waals surface area contributed by atoms with Gasteiger partial charge in [0.05, 0.1) is 6.04 Å². The molecule has 1 aliphatic rings. The van der Waals surface area contributed by atoms with Gasteiger partial charge in [0.1, 0.15) is 16.7 Å². The average molecular weight is 382 g/mol. The number of H-pyrrole nitrogens is 1. The number of hydrogen-bond donors (Lipinski definition) is 3. The molecule has 27 heavy (non-hydrogen) atoms. The zero-order valence-electron chi connectivity index (χ0n) is 14.5. The van der Waals surface area contributed by atoms with Crippen LogP contribution < -0.4 is 10.6 Å². The van der Waals surface area contributed by atoms with Crippen molar-refractivity contribution in [1.82, 2.24) is 15.3 Å². The maximum Gasteiger partial charge on any atom is 0.235 e. The molecule has 3 N–H and O–H groups in total. The molecular weight excluding hydrogens is 363 g/mol. The number of halogens is 1. The number of carbonyl (C=O) groups is 1. The molecule has 1 amide bonds. The van der Waals surface area contributed by atoms with Crippen LogP contribution in [0.2, 0.25) is 0 Å². The van der Waals surface area contributed by atoms with E-state index in [1.54, 1.807) is 18.3 Å².